The van der Waals surface area contributed by atoms with Gasteiger partial charge in [-0.25, -0.2) is 9.36 Å². The molecule has 0 saturated carbocycles. The monoisotopic (exact) mass is 511 g/mol. The van der Waals surface area contributed by atoms with E-state index in [1.807, 2.05) is 25.1 Å². The van der Waals surface area contributed by atoms with Crippen LogP contribution in [0.1, 0.15) is 42.4 Å². The lowest BCUT2D eigenvalue weighted by Crippen LogP contribution is -2.39. The number of nitrogens with one attached hydrogen (secondary N) is 1. The number of hydrogen-bond donors (Lipinski definition) is 1. The summed E-state index contributed by atoms with van der Waals surface area (Å²) in [7, 11) is 0. The molecule has 4 aromatic rings. The Bertz CT molecular complexity index is 1550. The van der Waals surface area contributed by atoms with Gasteiger partial charge in [0.25, 0.3) is 5.56 Å². The number of pyridine rings is 1. The summed E-state index contributed by atoms with van der Waals surface area (Å²) in [5.74, 6) is -0.979. The van der Waals surface area contributed by atoms with Crippen molar-refractivity contribution in [3.63, 3.8) is 0 Å². The Morgan fingerprint density at radius 2 is 1.85 bits per heavy atom. The molecule has 4 rings (SSSR count). The van der Waals surface area contributed by atoms with E-state index in [9.17, 15) is 19.2 Å². The number of hydrogen-bond acceptors (Lipinski definition) is 5. The van der Waals surface area contributed by atoms with Crippen molar-refractivity contribution in [2.75, 3.05) is 0 Å². The van der Waals surface area contributed by atoms with Crippen LogP contribution in [0.15, 0.2) is 56.7 Å². The molecule has 1 N–H and O–H groups in total. The first-order valence-electron chi connectivity index (χ1n) is 10.3. The molecule has 0 saturated heterocycles. The molecule has 170 valence electrons. The van der Waals surface area contributed by atoms with Crippen LogP contribution in [0.3, 0.4) is 0 Å². The molecule has 0 aliphatic rings. The van der Waals surface area contributed by atoms with Gasteiger partial charge in [0.1, 0.15) is 12.1 Å². The van der Waals surface area contributed by atoms with Crippen LogP contribution >= 0.6 is 15.9 Å². The lowest BCUT2D eigenvalue weighted by atomic mass is 10.0. The van der Waals surface area contributed by atoms with Crippen LogP contribution in [-0.4, -0.2) is 31.3 Å². The van der Waals surface area contributed by atoms with Gasteiger partial charge in [0.2, 0.25) is 5.78 Å². The summed E-state index contributed by atoms with van der Waals surface area (Å²) in [5, 5.41) is 0.126. The predicted octanol–water partition coefficient (Wildman–Crippen LogP) is 3.59. The zero-order chi connectivity index (χ0) is 24.1. The molecule has 0 radical (unpaired) electrons. The van der Waals surface area contributed by atoms with E-state index >= 15 is 0 Å². The van der Waals surface area contributed by atoms with Crippen LogP contribution < -0.4 is 11.2 Å². The molecule has 8 nitrogen and oxygen atoms in total. The number of esters is 1. The fraction of sp³-hybridized carbons (Fsp3) is 0.250. The van der Waals surface area contributed by atoms with Crippen molar-refractivity contribution < 1.29 is 14.3 Å². The number of nitrogens with zero attached hydrogens (tertiary/aromatic N) is 2. The quantitative estimate of drug-likeness (QED) is 0.333. The Kier molecular flexibility index (Phi) is 5.61. The number of aromatic nitrogens is 3. The van der Waals surface area contributed by atoms with Crippen molar-refractivity contribution in [1.29, 1.82) is 0 Å². The van der Waals surface area contributed by atoms with Gasteiger partial charge in [-0.1, -0.05) is 6.07 Å². The maximum atomic E-state index is 13.4. The van der Waals surface area contributed by atoms with E-state index in [0.29, 0.717) is 5.69 Å². The summed E-state index contributed by atoms with van der Waals surface area (Å²) in [4.78, 5) is 53.7. The van der Waals surface area contributed by atoms with E-state index in [1.165, 1.54) is 12.1 Å². The summed E-state index contributed by atoms with van der Waals surface area (Å²) in [5.41, 5.74) is 0.501. The van der Waals surface area contributed by atoms with E-state index in [1.54, 1.807) is 37.4 Å². The molecule has 0 amide bonds. The molecule has 0 fully saturated rings. The highest BCUT2D eigenvalue weighted by Gasteiger charge is 2.22. The number of ether oxygens (including phenoxy) is 1. The third-order valence-electron chi connectivity index (χ3n) is 5.18. The molecular formula is C24H22BrN3O5. The molecule has 1 aromatic carbocycles. The first-order chi connectivity index (χ1) is 15.5. The van der Waals surface area contributed by atoms with Gasteiger partial charge in [-0.2, -0.15) is 0 Å². The molecular weight excluding hydrogens is 490 g/mol. The van der Waals surface area contributed by atoms with Crippen molar-refractivity contribution in [2.45, 2.75) is 39.8 Å². The number of ketones is 1. The number of carbonyl (C=O) groups excluding carboxylic acids is 2. The Hall–Kier alpha value is -3.46. The molecule has 0 aliphatic heterocycles. The van der Waals surface area contributed by atoms with Crippen molar-refractivity contribution >= 4 is 44.1 Å². The Morgan fingerprint density at radius 1 is 1.12 bits per heavy atom. The standard InChI is InChI=1S/C24H22BrN3O5/c1-13-19(25)17-7-5-6-10-27(17)20(13)21(30)14-8-9-16-15(11-14)22(31)28(23(32)26-16)12-18(29)33-24(2,3)4/h5-11H,12H2,1-4H3,(H,26,32). The molecule has 9 heteroatoms. The number of fused-ring (bicyclic) bond motifs is 2. The van der Waals surface area contributed by atoms with Crippen molar-refractivity contribution in [1.82, 2.24) is 14.0 Å². The zero-order valence-electron chi connectivity index (χ0n) is 18.6. The van der Waals surface area contributed by atoms with Crippen LogP contribution in [0.4, 0.5) is 0 Å². The van der Waals surface area contributed by atoms with Gasteiger partial charge < -0.3 is 14.1 Å². The molecule has 3 heterocycles. The third-order valence-corrected chi connectivity index (χ3v) is 6.18. The number of benzene rings is 1. The van der Waals surface area contributed by atoms with Gasteiger partial charge >= 0.3 is 11.7 Å². The second-order valence-corrected chi connectivity index (χ2v) is 9.53. The predicted molar refractivity (Wildman–Crippen MR) is 128 cm³/mol. The van der Waals surface area contributed by atoms with E-state index in [2.05, 4.69) is 20.9 Å². The number of aromatic amines is 1. The smallest absolute Gasteiger partial charge is 0.329 e. The number of carbonyl (C=O) groups is 2. The topological polar surface area (TPSA) is 103 Å². The normalized spacial score (nSPS) is 11.8. The Morgan fingerprint density at radius 3 is 2.55 bits per heavy atom. The minimum Gasteiger partial charge on any atom is -0.459 e. The fourth-order valence-electron chi connectivity index (χ4n) is 3.75. The molecule has 0 atom stereocenters. The molecule has 3 aromatic heterocycles. The average molecular weight is 512 g/mol. The van der Waals surface area contributed by atoms with Crippen molar-refractivity contribution in [3.05, 3.63) is 84.7 Å². The summed E-state index contributed by atoms with van der Waals surface area (Å²) in [6.45, 7) is 6.40. The summed E-state index contributed by atoms with van der Waals surface area (Å²) < 4.78 is 8.61. The second-order valence-electron chi connectivity index (χ2n) is 8.74. The number of rotatable bonds is 4. The largest absolute Gasteiger partial charge is 0.459 e. The zero-order valence-corrected chi connectivity index (χ0v) is 20.1. The first-order valence-corrected chi connectivity index (χ1v) is 11.1. The first kappa shape index (κ1) is 22.7. The lowest BCUT2D eigenvalue weighted by molar-refractivity contribution is -0.155. The molecule has 0 unspecified atom stereocenters. The van der Waals surface area contributed by atoms with Gasteiger partial charge in [0, 0.05) is 16.2 Å². The maximum absolute atomic E-state index is 13.4. The van der Waals surface area contributed by atoms with Crippen molar-refractivity contribution in [3.8, 4) is 0 Å². The van der Waals surface area contributed by atoms with E-state index in [-0.39, 0.29) is 22.2 Å². The van der Waals surface area contributed by atoms with Crippen LogP contribution in [0.25, 0.3) is 16.4 Å². The van der Waals surface area contributed by atoms with E-state index in [0.717, 1.165) is 20.1 Å². The average Bonchev–Trinajstić information content (AvgIpc) is 3.00. The van der Waals surface area contributed by atoms with Gasteiger partial charge in [-0.15, -0.1) is 0 Å². The second kappa shape index (κ2) is 8.15. The molecule has 0 aliphatic carbocycles. The van der Waals surface area contributed by atoms with Gasteiger partial charge in [-0.05, 0) is 79.5 Å². The van der Waals surface area contributed by atoms with E-state index < -0.39 is 29.4 Å². The Labute approximate surface area is 196 Å². The number of H-pyrrole nitrogens is 1. The SMILES string of the molecule is Cc1c(Br)c2ccccn2c1C(=O)c1ccc2[nH]c(=O)n(CC(=O)OC(C)(C)C)c(=O)c2c1. The third kappa shape index (κ3) is 4.16. The van der Waals surface area contributed by atoms with Gasteiger partial charge in [0.05, 0.1) is 22.1 Å². The highest BCUT2D eigenvalue weighted by Crippen LogP contribution is 2.30. The summed E-state index contributed by atoms with van der Waals surface area (Å²) in [6, 6.07) is 10.1. The van der Waals surface area contributed by atoms with Crippen LogP contribution in [0, 0.1) is 6.92 Å². The highest BCUT2D eigenvalue weighted by atomic mass is 79.9. The van der Waals surface area contributed by atoms with Crippen molar-refractivity contribution in [2.24, 2.45) is 0 Å². The minimum absolute atomic E-state index is 0.126. The molecule has 0 spiro atoms. The van der Waals surface area contributed by atoms with Crippen LogP contribution in [0.2, 0.25) is 0 Å². The molecule has 33 heavy (non-hydrogen) atoms. The van der Waals surface area contributed by atoms with Crippen LogP contribution in [-0.2, 0) is 16.1 Å². The Balaban J connectivity index is 1.81. The summed E-state index contributed by atoms with van der Waals surface area (Å²) >= 11 is 3.54. The maximum Gasteiger partial charge on any atom is 0.329 e. The highest BCUT2D eigenvalue weighted by molar-refractivity contribution is 9.10. The minimum atomic E-state index is -0.754. The van der Waals surface area contributed by atoms with E-state index in [4.69, 9.17) is 4.74 Å². The molecule has 0 bridgehead atoms. The summed E-state index contributed by atoms with van der Waals surface area (Å²) in [6.07, 6.45) is 1.80. The lowest BCUT2D eigenvalue weighted by Gasteiger charge is -2.19. The fourth-order valence-corrected chi connectivity index (χ4v) is 4.26. The van der Waals surface area contributed by atoms with Crippen LogP contribution in [0.5, 0.6) is 0 Å². The number of halogens is 1. The van der Waals surface area contributed by atoms with Gasteiger partial charge in [0.15, 0.2) is 0 Å². The van der Waals surface area contributed by atoms with Gasteiger partial charge in [-0.3, -0.25) is 14.4 Å².